The first-order valence-electron chi connectivity index (χ1n) is 6.26. The van der Waals surface area contributed by atoms with E-state index in [1.807, 2.05) is 6.92 Å². The van der Waals surface area contributed by atoms with Gasteiger partial charge in [0, 0.05) is 10.6 Å². The fraction of sp³-hybridized carbons (Fsp3) is 0.125. The summed E-state index contributed by atoms with van der Waals surface area (Å²) < 4.78 is 5.32. The fourth-order valence-electron chi connectivity index (χ4n) is 1.62. The smallest absolute Gasteiger partial charge is 0.204 e. The lowest BCUT2D eigenvalue weighted by Gasteiger charge is -2.02. The molecule has 0 aliphatic carbocycles. The van der Waals surface area contributed by atoms with Gasteiger partial charge in [0.1, 0.15) is 5.75 Å². The number of hydrogen-bond donors (Lipinski definition) is 0. The van der Waals surface area contributed by atoms with E-state index in [2.05, 4.69) is 4.99 Å². The molecular formula is C16H14ClNO2. The molecule has 2 aromatic carbocycles. The molecule has 0 atom stereocenters. The van der Waals surface area contributed by atoms with E-state index in [1.54, 1.807) is 48.5 Å². The zero-order chi connectivity index (χ0) is 14.4. The first-order valence-corrected chi connectivity index (χ1v) is 6.63. The summed E-state index contributed by atoms with van der Waals surface area (Å²) in [5, 5.41) is 0.641. The Balaban J connectivity index is 2.05. The van der Waals surface area contributed by atoms with Crippen molar-refractivity contribution >= 4 is 29.3 Å². The first-order chi connectivity index (χ1) is 9.69. The highest BCUT2D eigenvalue weighted by Crippen LogP contribution is 2.16. The van der Waals surface area contributed by atoms with Crippen LogP contribution in [0.1, 0.15) is 17.3 Å². The number of nitrogens with zero attached hydrogens (tertiary/aromatic N) is 1. The SMILES string of the molecule is CCOc1ccc(C(=O)C=Nc2ccc(Cl)cc2)cc1. The summed E-state index contributed by atoms with van der Waals surface area (Å²) in [6.45, 7) is 2.52. The minimum atomic E-state index is -0.150. The lowest BCUT2D eigenvalue weighted by Crippen LogP contribution is -2.00. The van der Waals surface area contributed by atoms with Crippen molar-refractivity contribution in [2.75, 3.05) is 6.61 Å². The second-order valence-corrected chi connectivity index (χ2v) is 4.49. The van der Waals surface area contributed by atoms with Crippen LogP contribution in [0.4, 0.5) is 5.69 Å². The molecule has 0 N–H and O–H groups in total. The molecule has 102 valence electrons. The van der Waals surface area contributed by atoms with E-state index < -0.39 is 0 Å². The Labute approximate surface area is 122 Å². The number of ketones is 1. The molecule has 2 aromatic rings. The van der Waals surface area contributed by atoms with Crippen LogP contribution in [0.5, 0.6) is 5.75 Å². The van der Waals surface area contributed by atoms with Crippen LogP contribution in [0, 0.1) is 0 Å². The van der Waals surface area contributed by atoms with Crippen molar-refractivity contribution < 1.29 is 9.53 Å². The molecule has 0 aliphatic rings. The molecule has 0 saturated heterocycles. The molecule has 3 nitrogen and oxygen atoms in total. The van der Waals surface area contributed by atoms with E-state index >= 15 is 0 Å². The highest BCUT2D eigenvalue weighted by Gasteiger charge is 2.02. The first kappa shape index (κ1) is 14.3. The van der Waals surface area contributed by atoms with Crippen LogP contribution in [-0.4, -0.2) is 18.6 Å². The van der Waals surface area contributed by atoms with Gasteiger partial charge in [-0.15, -0.1) is 0 Å². The van der Waals surface area contributed by atoms with Crippen LogP contribution in [0.3, 0.4) is 0 Å². The zero-order valence-corrected chi connectivity index (χ0v) is 11.8. The molecule has 0 heterocycles. The van der Waals surface area contributed by atoms with Gasteiger partial charge in [-0.1, -0.05) is 11.6 Å². The number of halogens is 1. The number of carbonyl (C=O) groups excluding carboxylic acids is 1. The van der Waals surface area contributed by atoms with Gasteiger partial charge in [0.2, 0.25) is 5.78 Å². The third-order valence-corrected chi connectivity index (χ3v) is 2.86. The number of ether oxygens (including phenoxy) is 1. The number of benzene rings is 2. The average molecular weight is 288 g/mol. The fourth-order valence-corrected chi connectivity index (χ4v) is 1.74. The van der Waals surface area contributed by atoms with Gasteiger partial charge in [-0.25, -0.2) is 0 Å². The lowest BCUT2D eigenvalue weighted by atomic mass is 10.1. The van der Waals surface area contributed by atoms with Gasteiger partial charge in [0.05, 0.1) is 18.5 Å². The van der Waals surface area contributed by atoms with Gasteiger partial charge >= 0.3 is 0 Å². The quantitative estimate of drug-likeness (QED) is 0.606. The number of rotatable bonds is 5. The maximum Gasteiger partial charge on any atom is 0.204 e. The van der Waals surface area contributed by atoms with Crippen molar-refractivity contribution in [2.24, 2.45) is 4.99 Å². The number of hydrogen-bond acceptors (Lipinski definition) is 3. The summed E-state index contributed by atoms with van der Waals surface area (Å²) in [5.74, 6) is 0.599. The molecule has 0 radical (unpaired) electrons. The maximum atomic E-state index is 11.9. The molecule has 0 spiro atoms. The average Bonchev–Trinajstić information content (AvgIpc) is 2.47. The molecule has 0 amide bonds. The van der Waals surface area contributed by atoms with Gasteiger partial charge in [-0.2, -0.15) is 0 Å². The minimum absolute atomic E-state index is 0.150. The Morgan fingerprint density at radius 1 is 1.15 bits per heavy atom. The Morgan fingerprint density at radius 2 is 1.80 bits per heavy atom. The van der Waals surface area contributed by atoms with E-state index in [4.69, 9.17) is 16.3 Å². The standard InChI is InChI=1S/C16H14ClNO2/c1-2-20-15-9-3-12(4-10-15)16(19)11-18-14-7-5-13(17)6-8-14/h3-11H,2H2,1H3. The predicted octanol–water partition coefficient (Wildman–Crippen LogP) is 4.32. The Hall–Kier alpha value is -2.13. The molecule has 0 unspecified atom stereocenters. The van der Waals surface area contributed by atoms with Crippen molar-refractivity contribution in [3.8, 4) is 5.75 Å². The third-order valence-electron chi connectivity index (χ3n) is 2.61. The second-order valence-electron chi connectivity index (χ2n) is 4.06. The largest absolute Gasteiger partial charge is 0.494 e. The molecule has 0 bridgehead atoms. The van der Waals surface area contributed by atoms with Crippen LogP contribution in [0.25, 0.3) is 0 Å². The van der Waals surface area contributed by atoms with Gasteiger partial charge in [-0.05, 0) is 55.5 Å². The summed E-state index contributed by atoms with van der Waals surface area (Å²) in [4.78, 5) is 16.1. The van der Waals surface area contributed by atoms with Crippen molar-refractivity contribution in [3.63, 3.8) is 0 Å². The molecule has 0 aromatic heterocycles. The maximum absolute atomic E-state index is 11.9. The molecule has 20 heavy (non-hydrogen) atoms. The van der Waals surface area contributed by atoms with Crippen LogP contribution in [-0.2, 0) is 0 Å². The van der Waals surface area contributed by atoms with Gasteiger partial charge < -0.3 is 4.74 Å². The number of aliphatic imine (C=N–C) groups is 1. The lowest BCUT2D eigenvalue weighted by molar-refractivity contribution is 0.107. The predicted molar refractivity (Wildman–Crippen MR) is 81.5 cm³/mol. The van der Waals surface area contributed by atoms with E-state index in [1.165, 1.54) is 6.21 Å². The zero-order valence-electron chi connectivity index (χ0n) is 11.0. The molecule has 0 aliphatic heterocycles. The molecule has 4 heteroatoms. The molecular weight excluding hydrogens is 274 g/mol. The Kier molecular flexibility index (Phi) is 4.91. The van der Waals surface area contributed by atoms with E-state index in [-0.39, 0.29) is 5.78 Å². The molecule has 2 rings (SSSR count). The summed E-state index contributed by atoms with van der Waals surface area (Å²) in [6.07, 6.45) is 1.30. The summed E-state index contributed by atoms with van der Waals surface area (Å²) in [7, 11) is 0. The van der Waals surface area contributed by atoms with Crippen molar-refractivity contribution in [2.45, 2.75) is 6.92 Å². The Morgan fingerprint density at radius 3 is 2.40 bits per heavy atom. The number of Topliss-reactive ketones (excluding diaryl/α,β-unsaturated/α-hetero) is 1. The summed E-state index contributed by atoms with van der Waals surface area (Å²) in [5.41, 5.74) is 1.26. The molecule has 0 saturated carbocycles. The highest BCUT2D eigenvalue weighted by atomic mass is 35.5. The van der Waals surface area contributed by atoms with Crippen LogP contribution >= 0.6 is 11.6 Å². The van der Waals surface area contributed by atoms with E-state index in [0.29, 0.717) is 22.9 Å². The summed E-state index contributed by atoms with van der Waals surface area (Å²) >= 11 is 5.78. The Bertz CT molecular complexity index is 603. The van der Waals surface area contributed by atoms with E-state index in [9.17, 15) is 4.79 Å². The van der Waals surface area contributed by atoms with Crippen LogP contribution in [0.2, 0.25) is 5.02 Å². The third kappa shape index (κ3) is 3.93. The number of carbonyl (C=O) groups is 1. The summed E-state index contributed by atoms with van der Waals surface area (Å²) in [6, 6.07) is 14.0. The van der Waals surface area contributed by atoms with Gasteiger partial charge in [0.25, 0.3) is 0 Å². The second kappa shape index (κ2) is 6.87. The molecule has 0 fully saturated rings. The van der Waals surface area contributed by atoms with Crippen molar-refractivity contribution in [3.05, 3.63) is 59.1 Å². The van der Waals surface area contributed by atoms with E-state index in [0.717, 1.165) is 5.75 Å². The van der Waals surface area contributed by atoms with Gasteiger partial charge in [-0.3, -0.25) is 9.79 Å². The van der Waals surface area contributed by atoms with Crippen LogP contribution in [0.15, 0.2) is 53.5 Å². The topological polar surface area (TPSA) is 38.7 Å². The monoisotopic (exact) mass is 287 g/mol. The van der Waals surface area contributed by atoms with Crippen molar-refractivity contribution in [1.82, 2.24) is 0 Å². The van der Waals surface area contributed by atoms with Crippen molar-refractivity contribution in [1.29, 1.82) is 0 Å². The minimum Gasteiger partial charge on any atom is -0.494 e. The van der Waals surface area contributed by atoms with Crippen LogP contribution < -0.4 is 4.74 Å². The highest BCUT2D eigenvalue weighted by molar-refractivity contribution is 6.35. The normalized spacial score (nSPS) is 10.7. The van der Waals surface area contributed by atoms with Gasteiger partial charge in [0.15, 0.2) is 0 Å².